The van der Waals surface area contributed by atoms with Gasteiger partial charge in [-0.1, -0.05) is 20.8 Å². The van der Waals surface area contributed by atoms with Crippen molar-refractivity contribution in [2.75, 3.05) is 6.54 Å². The molecule has 2 rings (SSSR count). The fourth-order valence-electron chi connectivity index (χ4n) is 2.91. The molecule has 0 saturated carbocycles. The first-order valence-corrected chi connectivity index (χ1v) is 10.5. The highest BCUT2D eigenvalue weighted by atomic mass is 32.1. The van der Waals surface area contributed by atoms with Crippen molar-refractivity contribution in [3.05, 3.63) is 33.0 Å². The maximum Gasteiger partial charge on any atom is 0.191 e. The summed E-state index contributed by atoms with van der Waals surface area (Å²) in [5.41, 5.74) is 4.74. The predicted molar refractivity (Wildman–Crippen MR) is 115 cm³/mol. The van der Waals surface area contributed by atoms with Crippen molar-refractivity contribution in [1.29, 1.82) is 0 Å². The molecule has 1 atom stereocenters. The zero-order valence-electron chi connectivity index (χ0n) is 18.0. The van der Waals surface area contributed by atoms with Gasteiger partial charge in [0.25, 0.3) is 0 Å². The summed E-state index contributed by atoms with van der Waals surface area (Å²) < 4.78 is 1.95. The van der Waals surface area contributed by atoms with Crippen molar-refractivity contribution in [3.8, 4) is 0 Å². The van der Waals surface area contributed by atoms with Crippen LogP contribution in [0, 0.1) is 13.8 Å². The van der Waals surface area contributed by atoms with Gasteiger partial charge in [-0.3, -0.25) is 4.68 Å². The van der Waals surface area contributed by atoms with E-state index in [1.54, 1.807) is 11.3 Å². The van der Waals surface area contributed by atoms with Crippen LogP contribution >= 0.6 is 11.3 Å². The van der Waals surface area contributed by atoms with E-state index < -0.39 is 0 Å². The fourth-order valence-corrected chi connectivity index (χ4v) is 3.81. The summed E-state index contributed by atoms with van der Waals surface area (Å²) in [6.45, 7) is 16.4. The van der Waals surface area contributed by atoms with E-state index in [2.05, 4.69) is 69.6 Å². The van der Waals surface area contributed by atoms with Crippen LogP contribution in [0.5, 0.6) is 0 Å². The number of hydrogen-bond donors (Lipinski definition) is 2. The molecule has 0 amide bonds. The number of aromatic nitrogens is 3. The lowest BCUT2D eigenvalue weighted by atomic mass is 9.98. The molecule has 7 heteroatoms. The van der Waals surface area contributed by atoms with Crippen LogP contribution in [0.4, 0.5) is 0 Å². The van der Waals surface area contributed by atoms with Crippen molar-refractivity contribution in [1.82, 2.24) is 25.4 Å². The van der Waals surface area contributed by atoms with Gasteiger partial charge in [0.2, 0.25) is 0 Å². The van der Waals surface area contributed by atoms with Crippen LogP contribution in [0.3, 0.4) is 0 Å². The van der Waals surface area contributed by atoms with E-state index in [9.17, 15) is 0 Å². The van der Waals surface area contributed by atoms with Gasteiger partial charge < -0.3 is 10.6 Å². The van der Waals surface area contributed by atoms with Gasteiger partial charge in [-0.25, -0.2) is 9.98 Å². The number of aryl methyl sites for hydroxylation is 2. The molecule has 0 aliphatic heterocycles. The maximum atomic E-state index is 4.73. The summed E-state index contributed by atoms with van der Waals surface area (Å²) in [5.74, 6) is 0.828. The fraction of sp³-hybridized carbons (Fsp3) is 0.650. The van der Waals surface area contributed by atoms with E-state index in [0.29, 0.717) is 6.54 Å². The number of aliphatic imine (C=N–C) groups is 1. The summed E-state index contributed by atoms with van der Waals surface area (Å²) in [7, 11) is 2.00. The van der Waals surface area contributed by atoms with Crippen molar-refractivity contribution >= 4 is 17.3 Å². The van der Waals surface area contributed by atoms with Gasteiger partial charge in [0.1, 0.15) is 0 Å². The lowest BCUT2D eigenvalue weighted by Gasteiger charge is -2.18. The van der Waals surface area contributed by atoms with Crippen molar-refractivity contribution in [3.63, 3.8) is 0 Å². The van der Waals surface area contributed by atoms with E-state index >= 15 is 0 Å². The Morgan fingerprint density at radius 2 is 2.04 bits per heavy atom. The van der Waals surface area contributed by atoms with Gasteiger partial charge in [0, 0.05) is 36.1 Å². The van der Waals surface area contributed by atoms with Crippen LogP contribution < -0.4 is 10.6 Å². The molecule has 0 radical (unpaired) electrons. The van der Waals surface area contributed by atoms with Gasteiger partial charge >= 0.3 is 0 Å². The van der Waals surface area contributed by atoms with E-state index in [-0.39, 0.29) is 11.5 Å². The Hall–Kier alpha value is -1.89. The lowest BCUT2D eigenvalue weighted by Crippen LogP contribution is -2.43. The van der Waals surface area contributed by atoms with Crippen LogP contribution in [-0.4, -0.2) is 33.3 Å². The van der Waals surface area contributed by atoms with Crippen LogP contribution in [0.1, 0.15) is 62.3 Å². The molecule has 6 nitrogen and oxygen atoms in total. The van der Waals surface area contributed by atoms with Gasteiger partial charge in [-0.05, 0) is 39.7 Å². The molecule has 0 aromatic carbocycles. The first-order chi connectivity index (χ1) is 12.6. The molecule has 2 aromatic rings. The topological polar surface area (TPSA) is 67.1 Å². The minimum atomic E-state index is 0.0866. The number of nitrogens with zero attached hydrogens (tertiary/aromatic N) is 4. The number of guanidine groups is 1. The second-order valence-electron chi connectivity index (χ2n) is 8.11. The zero-order valence-corrected chi connectivity index (χ0v) is 18.8. The van der Waals surface area contributed by atoms with Crippen molar-refractivity contribution < 1.29 is 0 Å². The Bertz CT molecular complexity index is 781. The van der Waals surface area contributed by atoms with Gasteiger partial charge in [0.05, 0.1) is 22.9 Å². The second kappa shape index (κ2) is 8.87. The minimum absolute atomic E-state index is 0.0866. The summed E-state index contributed by atoms with van der Waals surface area (Å²) in [4.78, 5) is 9.46. The Balaban J connectivity index is 2.03. The van der Waals surface area contributed by atoms with Gasteiger partial charge in [0.15, 0.2) is 5.96 Å². The average Bonchev–Trinajstić information content (AvgIpc) is 3.14. The van der Waals surface area contributed by atoms with Gasteiger partial charge in [-0.15, -0.1) is 11.3 Å². The molecule has 0 spiro atoms. The molecule has 0 aliphatic rings. The highest BCUT2D eigenvalue weighted by Gasteiger charge is 2.18. The highest BCUT2D eigenvalue weighted by molar-refractivity contribution is 7.09. The Labute approximate surface area is 167 Å². The predicted octanol–water partition coefficient (Wildman–Crippen LogP) is 3.48. The smallest absolute Gasteiger partial charge is 0.191 e. The first kappa shape index (κ1) is 21.4. The number of hydrogen-bond acceptors (Lipinski definition) is 4. The monoisotopic (exact) mass is 390 g/mol. The van der Waals surface area contributed by atoms with E-state index in [1.165, 1.54) is 11.3 Å². The molecule has 2 N–H and O–H groups in total. The Kier molecular flexibility index (Phi) is 7.03. The molecule has 0 bridgehead atoms. The standard InChI is InChI=1S/C20H34N6S/c1-9-21-19(22-11-16-12-27-18(24-16)20(5,6)7)23-13(2)10-17-14(3)25-26(8)15(17)4/h12-13H,9-11H2,1-8H3,(H2,21,22,23). The van der Waals surface area contributed by atoms with E-state index in [1.807, 2.05) is 11.7 Å². The average molecular weight is 391 g/mol. The molecule has 0 fully saturated rings. The lowest BCUT2D eigenvalue weighted by molar-refractivity contribution is 0.583. The third-order valence-corrected chi connectivity index (χ3v) is 5.81. The Morgan fingerprint density at radius 1 is 1.33 bits per heavy atom. The molecule has 2 aromatic heterocycles. The highest BCUT2D eigenvalue weighted by Crippen LogP contribution is 2.25. The molecule has 2 heterocycles. The summed E-state index contributed by atoms with van der Waals surface area (Å²) in [5, 5.41) is 14.6. The second-order valence-corrected chi connectivity index (χ2v) is 8.97. The number of rotatable bonds is 6. The number of thiazole rings is 1. The molecule has 150 valence electrons. The van der Waals surface area contributed by atoms with E-state index in [0.717, 1.165) is 35.3 Å². The minimum Gasteiger partial charge on any atom is -0.357 e. The maximum absolute atomic E-state index is 4.73. The van der Waals surface area contributed by atoms with E-state index in [4.69, 9.17) is 9.98 Å². The largest absolute Gasteiger partial charge is 0.357 e. The van der Waals surface area contributed by atoms with Gasteiger partial charge in [-0.2, -0.15) is 5.10 Å². The van der Waals surface area contributed by atoms with Crippen LogP contribution in [0.15, 0.2) is 10.4 Å². The SMILES string of the molecule is CCNC(=NCc1csc(C(C)(C)C)n1)NC(C)Cc1c(C)nn(C)c1C. The van der Waals surface area contributed by atoms with Crippen molar-refractivity contribution in [2.45, 2.75) is 72.9 Å². The third kappa shape index (κ3) is 5.79. The summed E-state index contributed by atoms with van der Waals surface area (Å²) >= 11 is 1.71. The van der Waals surface area contributed by atoms with Crippen LogP contribution in [-0.2, 0) is 25.4 Å². The van der Waals surface area contributed by atoms with Crippen LogP contribution in [0.2, 0.25) is 0 Å². The molecular formula is C20H34N6S. The molecule has 0 saturated heterocycles. The molecule has 1 unspecified atom stereocenters. The Morgan fingerprint density at radius 3 is 2.56 bits per heavy atom. The summed E-state index contributed by atoms with van der Waals surface area (Å²) in [6.07, 6.45) is 0.917. The zero-order chi connectivity index (χ0) is 20.2. The molecule has 27 heavy (non-hydrogen) atoms. The third-order valence-electron chi connectivity index (χ3n) is 4.49. The van der Waals surface area contributed by atoms with Crippen LogP contribution in [0.25, 0.3) is 0 Å². The number of nitrogens with one attached hydrogen (secondary N) is 2. The van der Waals surface area contributed by atoms with Crippen molar-refractivity contribution in [2.24, 2.45) is 12.0 Å². The molecule has 0 aliphatic carbocycles. The normalized spacial score (nSPS) is 13.7. The summed E-state index contributed by atoms with van der Waals surface area (Å²) in [6, 6.07) is 0.255. The molecular weight excluding hydrogens is 356 g/mol. The first-order valence-electron chi connectivity index (χ1n) is 9.60. The quantitative estimate of drug-likeness (QED) is 0.585.